The molecular weight excluding hydrogens is 428 g/mol. The van der Waals surface area contributed by atoms with Crippen LogP contribution in [0, 0.1) is 13.8 Å². The molecule has 0 fully saturated rings. The zero-order valence-electron chi connectivity index (χ0n) is 16.1. The van der Waals surface area contributed by atoms with Crippen LogP contribution in [0.15, 0.2) is 81.8 Å². The first kappa shape index (κ1) is 19.2. The number of aryl methyl sites for hydroxylation is 2. The van der Waals surface area contributed by atoms with Crippen molar-refractivity contribution in [1.29, 1.82) is 0 Å². The third-order valence-electron chi connectivity index (χ3n) is 4.66. The summed E-state index contributed by atoms with van der Waals surface area (Å²) in [6, 6.07) is 21.1. The van der Waals surface area contributed by atoms with Crippen LogP contribution in [0.1, 0.15) is 21.5 Å². The second-order valence-corrected chi connectivity index (χ2v) is 7.77. The second kappa shape index (κ2) is 8.05. The van der Waals surface area contributed by atoms with Gasteiger partial charge in [0.05, 0.1) is 11.8 Å². The molecule has 0 radical (unpaired) electrons. The Labute approximate surface area is 177 Å². The quantitative estimate of drug-likeness (QED) is 0.382. The molecule has 0 saturated carbocycles. The Morgan fingerprint density at radius 3 is 2.66 bits per heavy atom. The molecule has 4 nitrogen and oxygen atoms in total. The van der Waals surface area contributed by atoms with E-state index < -0.39 is 0 Å². The molecule has 4 aromatic rings. The molecule has 0 aliphatic heterocycles. The van der Waals surface area contributed by atoms with Crippen LogP contribution >= 0.6 is 15.9 Å². The molecule has 144 valence electrons. The first-order valence-electron chi connectivity index (χ1n) is 9.21. The molecule has 0 aliphatic carbocycles. The van der Waals surface area contributed by atoms with Crippen LogP contribution in [0.2, 0.25) is 0 Å². The highest BCUT2D eigenvalue weighted by atomic mass is 79.9. The standard InChI is InChI=1S/C24H19BrN2O2/c1-15-10-11-16(2)21(12-15)27-23(28)19-8-3-4-9-20(19)24-26-14-22(29-24)17-6-5-7-18(25)13-17/h3-14H,1-2H3,(H,27,28). The van der Waals surface area contributed by atoms with Crippen molar-refractivity contribution in [2.45, 2.75) is 13.8 Å². The summed E-state index contributed by atoms with van der Waals surface area (Å²) < 4.78 is 6.94. The van der Waals surface area contributed by atoms with E-state index in [1.54, 1.807) is 12.3 Å². The summed E-state index contributed by atoms with van der Waals surface area (Å²) in [6.07, 6.45) is 1.68. The van der Waals surface area contributed by atoms with Gasteiger partial charge in [-0.3, -0.25) is 4.79 Å². The Kier molecular flexibility index (Phi) is 5.32. The summed E-state index contributed by atoms with van der Waals surface area (Å²) in [5, 5.41) is 3.01. The molecule has 1 N–H and O–H groups in total. The zero-order valence-corrected chi connectivity index (χ0v) is 17.7. The van der Waals surface area contributed by atoms with Gasteiger partial charge in [-0.05, 0) is 55.3 Å². The number of benzene rings is 3. The van der Waals surface area contributed by atoms with E-state index in [2.05, 4.69) is 26.2 Å². The average molecular weight is 447 g/mol. The number of anilines is 1. The molecule has 1 aromatic heterocycles. The molecule has 0 atom stereocenters. The molecule has 0 saturated heterocycles. The molecular formula is C24H19BrN2O2. The molecule has 0 spiro atoms. The number of nitrogens with zero attached hydrogens (tertiary/aromatic N) is 1. The lowest BCUT2D eigenvalue weighted by molar-refractivity contribution is 0.102. The van der Waals surface area contributed by atoms with Crippen molar-refractivity contribution in [3.63, 3.8) is 0 Å². The van der Waals surface area contributed by atoms with Crippen molar-refractivity contribution in [3.05, 3.63) is 94.1 Å². The van der Waals surface area contributed by atoms with Gasteiger partial charge in [0.2, 0.25) is 5.89 Å². The third kappa shape index (κ3) is 4.15. The van der Waals surface area contributed by atoms with Gasteiger partial charge in [0.15, 0.2) is 5.76 Å². The van der Waals surface area contributed by atoms with E-state index in [9.17, 15) is 4.79 Å². The van der Waals surface area contributed by atoms with Gasteiger partial charge in [0.1, 0.15) is 0 Å². The molecule has 4 rings (SSSR count). The van der Waals surface area contributed by atoms with Gasteiger partial charge < -0.3 is 9.73 Å². The number of rotatable bonds is 4. The molecule has 0 unspecified atom stereocenters. The Hall–Kier alpha value is -3.18. The molecule has 1 heterocycles. The van der Waals surface area contributed by atoms with Crippen molar-refractivity contribution in [2.75, 3.05) is 5.32 Å². The van der Waals surface area contributed by atoms with Gasteiger partial charge in [-0.25, -0.2) is 4.98 Å². The number of oxazole rings is 1. The number of halogens is 1. The lowest BCUT2D eigenvalue weighted by Crippen LogP contribution is -2.14. The topological polar surface area (TPSA) is 55.1 Å². The average Bonchev–Trinajstić information content (AvgIpc) is 3.21. The summed E-state index contributed by atoms with van der Waals surface area (Å²) in [5.41, 5.74) is 4.97. The summed E-state index contributed by atoms with van der Waals surface area (Å²) in [4.78, 5) is 17.4. The number of hydrogen-bond acceptors (Lipinski definition) is 3. The van der Waals surface area contributed by atoms with Gasteiger partial charge >= 0.3 is 0 Å². The molecule has 1 amide bonds. The fourth-order valence-corrected chi connectivity index (χ4v) is 3.50. The molecule has 0 aliphatic rings. The first-order valence-corrected chi connectivity index (χ1v) is 10.0. The van der Waals surface area contributed by atoms with Crippen LogP contribution in [-0.2, 0) is 0 Å². The predicted molar refractivity (Wildman–Crippen MR) is 119 cm³/mol. The zero-order chi connectivity index (χ0) is 20.4. The first-order chi connectivity index (χ1) is 14.0. The number of hydrogen-bond donors (Lipinski definition) is 1. The highest BCUT2D eigenvalue weighted by molar-refractivity contribution is 9.10. The number of nitrogens with one attached hydrogen (secondary N) is 1. The van der Waals surface area contributed by atoms with Crippen molar-refractivity contribution in [2.24, 2.45) is 0 Å². The molecule has 5 heteroatoms. The molecule has 3 aromatic carbocycles. The summed E-state index contributed by atoms with van der Waals surface area (Å²) in [6.45, 7) is 3.97. The van der Waals surface area contributed by atoms with E-state index >= 15 is 0 Å². The Morgan fingerprint density at radius 2 is 1.83 bits per heavy atom. The van der Waals surface area contributed by atoms with Crippen LogP contribution in [0.4, 0.5) is 5.69 Å². The van der Waals surface area contributed by atoms with Gasteiger partial charge in [0.25, 0.3) is 5.91 Å². The maximum atomic E-state index is 13.0. The minimum Gasteiger partial charge on any atom is -0.436 e. The fraction of sp³-hybridized carbons (Fsp3) is 0.0833. The van der Waals surface area contributed by atoms with E-state index in [-0.39, 0.29) is 5.91 Å². The van der Waals surface area contributed by atoms with Crippen LogP contribution in [0.5, 0.6) is 0 Å². The van der Waals surface area contributed by atoms with Crippen molar-refractivity contribution in [1.82, 2.24) is 4.98 Å². The van der Waals surface area contributed by atoms with Gasteiger partial charge in [-0.2, -0.15) is 0 Å². The largest absolute Gasteiger partial charge is 0.436 e. The van der Waals surface area contributed by atoms with E-state index in [1.807, 2.05) is 74.5 Å². The van der Waals surface area contributed by atoms with E-state index in [0.717, 1.165) is 26.9 Å². The minimum atomic E-state index is -0.198. The monoisotopic (exact) mass is 446 g/mol. The number of aromatic nitrogens is 1. The SMILES string of the molecule is Cc1ccc(C)c(NC(=O)c2ccccc2-c2ncc(-c3cccc(Br)c3)o2)c1. The summed E-state index contributed by atoms with van der Waals surface area (Å²) in [5.74, 6) is 0.856. The minimum absolute atomic E-state index is 0.198. The normalized spacial score (nSPS) is 10.7. The van der Waals surface area contributed by atoms with E-state index in [1.165, 1.54) is 0 Å². The van der Waals surface area contributed by atoms with Gasteiger partial charge in [0, 0.05) is 21.3 Å². The maximum absolute atomic E-state index is 13.0. The van der Waals surface area contributed by atoms with Gasteiger partial charge in [-0.1, -0.05) is 52.3 Å². The van der Waals surface area contributed by atoms with Crippen LogP contribution < -0.4 is 5.32 Å². The predicted octanol–water partition coefficient (Wildman–Crippen LogP) is 6.64. The van der Waals surface area contributed by atoms with Crippen LogP contribution in [-0.4, -0.2) is 10.9 Å². The Bertz CT molecular complexity index is 1200. The third-order valence-corrected chi connectivity index (χ3v) is 5.15. The lowest BCUT2D eigenvalue weighted by Gasteiger charge is -2.11. The highest BCUT2D eigenvalue weighted by Gasteiger charge is 2.17. The fourth-order valence-electron chi connectivity index (χ4n) is 3.10. The van der Waals surface area contributed by atoms with E-state index in [0.29, 0.717) is 22.8 Å². The highest BCUT2D eigenvalue weighted by Crippen LogP contribution is 2.30. The molecule has 0 bridgehead atoms. The van der Waals surface area contributed by atoms with Crippen LogP contribution in [0.3, 0.4) is 0 Å². The summed E-state index contributed by atoms with van der Waals surface area (Å²) in [7, 11) is 0. The Balaban J connectivity index is 1.67. The van der Waals surface area contributed by atoms with Crippen LogP contribution in [0.25, 0.3) is 22.8 Å². The summed E-state index contributed by atoms with van der Waals surface area (Å²) >= 11 is 3.47. The number of carbonyl (C=O) groups excluding carboxylic acids is 1. The second-order valence-electron chi connectivity index (χ2n) is 6.86. The smallest absolute Gasteiger partial charge is 0.256 e. The number of amides is 1. The van der Waals surface area contributed by atoms with Crippen molar-refractivity contribution >= 4 is 27.5 Å². The maximum Gasteiger partial charge on any atom is 0.256 e. The van der Waals surface area contributed by atoms with E-state index in [4.69, 9.17) is 4.42 Å². The lowest BCUT2D eigenvalue weighted by atomic mass is 10.1. The van der Waals surface area contributed by atoms with Crippen molar-refractivity contribution in [3.8, 4) is 22.8 Å². The van der Waals surface area contributed by atoms with Crippen molar-refractivity contribution < 1.29 is 9.21 Å². The number of carbonyl (C=O) groups is 1. The Morgan fingerprint density at radius 1 is 1.00 bits per heavy atom. The van der Waals surface area contributed by atoms with Gasteiger partial charge in [-0.15, -0.1) is 0 Å². The molecule has 29 heavy (non-hydrogen) atoms.